The SMILES string of the molecule is CCCCCCCCCCCCN1NC2=NC3=NC(=NC4=NC(=NC5=NC(=NC1=N2)c1cc(S(=O)(=O)CCCCCCCC)c(S(=O)(=O)CCCCCCCC)cc15)N(CCCCCCCCCCCC)N4)c1cc(C#N)c(C#N)cc13. The van der Waals surface area contributed by atoms with Crippen molar-refractivity contribution in [1.82, 2.24) is 20.9 Å². The van der Waals surface area contributed by atoms with Crippen molar-refractivity contribution in [2.24, 2.45) is 39.9 Å². The van der Waals surface area contributed by atoms with Gasteiger partial charge in [-0.1, -0.05) is 207 Å². The van der Waals surface area contributed by atoms with Gasteiger partial charge in [-0.15, -0.1) is 0 Å². The zero-order valence-corrected chi connectivity index (χ0v) is 51.2. The van der Waals surface area contributed by atoms with Gasteiger partial charge in [-0.25, -0.2) is 26.8 Å². The smallest absolute Gasteiger partial charge is 0.249 e. The van der Waals surface area contributed by atoms with E-state index in [1.54, 1.807) is 22.2 Å². The van der Waals surface area contributed by atoms with Gasteiger partial charge >= 0.3 is 0 Å². The van der Waals surface area contributed by atoms with E-state index in [2.05, 4.69) is 50.7 Å². The predicted octanol–water partition coefficient (Wildman–Crippen LogP) is 13.3. The quantitative estimate of drug-likeness (QED) is 0.0602. The predicted molar refractivity (Wildman–Crippen MR) is 332 cm³/mol. The molecule has 2 N–H and O–H groups in total. The van der Waals surface area contributed by atoms with Crippen LogP contribution in [0.4, 0.5) is 0 Å². The van der Waals surface area contributed by atoms with Crippen LogP contribution in [0.3, 0.4) is 0 Å². The first-order valence-corrected chi connectivity index (χ1v) is 34.6. The molecule has 0 spiro atoms. The van der Waals surface area contributed by atoms with Gasteiger partial charge in [0.2, 0.25) is 23.8 Å². The molecule has 0 radical (unpaired) electrons. The first-order valence-electron chi connectivity index (χ1n) is 31.3. The fourth-order valence-electron chi connectivity index (χ4n) is 10.9. The number of nitriles is 2. The maximum atomic E-state index is 14.8. The third-order valence-corrected chi connectivity index (χ3v) is 19.5. The summed E-state index contributed by atoms with van der Waals surface area (Å²) in [7, 11) is -8.30. The Morgan fingerprint density at radius 1 is 0.366 bits per heavy atom. The average molecular weight is 1160 g/mol. The van der Waals surface area contributed by atoms with Gasteiger partial charge in [-0.3, -0.25) is 20.9 Å². The maximum Gasteiger partial charge on any atom is 0.249 e. The van der Waals surface area contributed by atoms with Crippen molar-refractivity contribution in [2.75, 3.05) is 24.6 Å². The number of hydrazine groups is 2. The van der Waals surface area contributed by atoms with Gasteiger partial charge in [0, 0.05) is 35.3 Å². The molecular weight excluding hydrogens is 1070 g/mol. The third-order valence-electron chi connectivity index (χ3n) is 15.7. The van der Waals surface area contributed by atoms with Crippen molar-refractivity contribution in [2.45, 2.75) is 243 Å². The summed E-state index contributed by atoms with van der Waals surface area (Å²) in [5.74, 6) is 0.908. The Morgan fingerprint density at radius 2 is 0.683 bits per heavy atom. The van der Waals surface area contributed by atoms with Crippen molar-refractivity contribution >= 4 is 66.9 Å². The standard InChI is InChI=1S/C62H90N14O4S2/c1-5-9-13-17-21-23-25-27-29-33-37-75-61-69-57-51-43-53(81(77,78)39-35-31-19-15-11-7-3)54(82(79,80)40-36-32-20-16-12-8-4)44-52(51)58(66-57)70-62-72-60(74-76(62)38-34-30-28-26-24-22-18-14-10-6-2)68-56-50-42-48(46-64)47(45-63)41-49(50)55(65-56)67-59(71-61)73-75/h41-44H,5-40H2,1-4H3,(H2,65,66,67,68,69,70,71,72,73,74). The molecule has 5 heterocycles. The summed E-state index contributed by atoms with van der Waals surface area (Å²) >= 11 is 0. The first-order chi connectivity index (χ1) is 39.9. The van der Waals surface area contributed by atoms with Crippen LogP contribution in [0, 0.1) is 22.7 Å². The van der Waals surface area contributed by atoms with Crippen molar-refractivity contribution in [3.63, 3.8) is 0 Å². The Labute approximate surface area is 489 Å². The summed E-state index contributed by atoms with van der Waals surface area (Å²) in [6.07, 6.45) is 33.2. The Bertz CT molecular complexity index is 3090. The molecule has 8 bridgehead atoms. The van der Waals surface area contributed by atoms with Crippen molar-refractivity contribution in [3.8, 4) is 12.1 Å². The zero-order chi connectivity index (χ0) is 58.2. The number of hydrogen-bond acceptors (Lipinski definition) is 18. The van der Waals surface area contributed by atoms with Crippen LogP contribution in [-0.2, 0) is 19.7 Å². The van der Waals surface area contributed by atoms with Crippen LogP contribution in [-0.4, -0.2) is 98.6 Å². The fourth-order valence-corrected chi connectivity index (χ4v) is 14.6. The average Bonchev–Trinajstić information content (AvgIpc) is 4.42. The van der Waals surface area contributed by atoms with Crippen molar-refractivity contribution < 1.29 is 16.8 Å². The van der Waals surface area contributed by atoms with Crippen LogP contribution in [0.25, 0.3) is 0 Å². The zero-order valence-electron chi connectivity index (χ0n) is 49.6. The van der Waals surface area contributed by atoms with Crippen LogP contribution in [0.2, 0.25) is 0 Å². The Morgan fingerprint density at radius 3 is 1.09 bits per heavy atom. The molecular formula is C62H90N14O4S2. The summed E-state index contributed by atoms with van der Waals surface area (Å²) in [6, 6.07) is 10.4. The van der Waals surface area contributed by atoms with Gasteiger partial charge < -0.3 is 0 Å². The fraction of sp³-hybridized carbons (Fsp3) is 0.645. The number of sulfone groups is 2. The maximum absolute atomic E-state index is 14.8. The van der Waals surface area contributed by atoms with Crippen LogP contribution < -0.4 is 10.9 Å². The van der Waals surface area contributed by atoms with E-state index in [-0.39, 0.29) is 79.6 Å². The minimum absolute atomic E-state index is 0.107. The molecule has 0 saturated carbocycles. The summed E-state index contributed by atoms with van der Waals surface area (Å²) in [5.41, 5.74) is 8.54. The Kier molecular flexibility index (Phi) is 25.3. The highest BCUT2D eigenvalue weighted by Crippen LogP contribution is 2.34. The summed E-state index contributed by atoms with van der Waals surface area (Å²) in [6.45, 7) is 9.71. The largest absolute Gasteiger partial charge is 0.263 e. The van der Waals surface area contributed by atoms with Gasteiger partial charge in [0.25, 0.3) is 0 Å². The molecule has 2 aromatic rings. The number of nitrogens with zero attached hydrogens (tertiary/aromatic N) is 12. The number of unbranched alkanes of at least 4 members (excludes halogenated alkanes) is 28. The molecule has 0 atom stereocenters. The van der Waals surface area contributed by atoms with E-state index < -0.39 is 19.7 Å². The Balaban J connectivity index is 1.32. The molecule has 82 heavy (non-hydrogen) atoms. The van der Waals surface area contributed by atoms with Crippen LogP contribution in [0.5, 0.6) is 0 Å². The lowest BCUT2D eigenvalue weighted by Gasteiger charge is -2.18. The van der Waals surface area contributed by atoms with E-state index in [0.29, 0.717) is 61.0 Å². The number of nitrogens with one attached hydrogen (secondary N) is 2. The number of hydrogen-bond donors (Lipinski definition) is 2. The first kappa shape index (κ1) is 63.5. The summed E-state index contributed by atoms with van der Waals surface area (Å²) in [4.78, 5) is 39.2. The normalized spacial score (nSPS) is 15.3. The highest BCUT2D eigenvalue weighted by Gasteiger charge is 2.36. The number of guanidine groups is 4. The van der Waals surface area contributed by atoms with E-state index in [0.717, 1.165) is 103 Å². The molecule has 2 aromatic carbocycles. The van der Waals surface area contributed by atoms with Crippen LogP contribution in [0.1, 0.15) is 267 Å². The molecule has 5 aliphatic rings. The van der Waals surface area contributed by atoms with Gasteiger partial charge in [0.15, 0.2) is 43.0 Å². The van der Waals surface area contributed by atoms with Gasteiger partial charge in [-0.2, -0.15) is 40.5 Å². The molecule has 0 aromatic heterocycles. The van der Waals surface area contributed by atoms with Crippen LogP contribution in [0.15, 0.2) is 74.0 Å². The number of aliphatic imine (C=N–C) groups is 8. The minimum atomic E-state index is -4.15. The van der Waals surface area contributed by atoms with E-state index in [1.807, 2.05) is 0 Å². The molecule has 0 unspecified atom stereocenters. The second-order valence-electron chi connectivity index (χ2n) is 22.5. The number of fused-ring (bicyclic) bond motifs is 10. The highest BCUT2D eigenvalue weighted by atomic mass is 32.2. The lowest BCUT2D eigenvalue weighted by molar-refractivity contribution is 0.370. The monoisotopic (exact) mass is 1160 g/mol. The van der Waals surface area contributed by atoms with Crippen LogP contribution >= 0.6 is 0 Å². The van der Waals surface area contributed by atoms with Crippen molar-refractivity contribution in [1.29, 1.82) is 10.5 Å². The Hall–Kier alpha value is -6.12. The molecule has 20 heteroatoms. The molecule has 5 aliphatic heterocycles. The third kappa shape index (κ3) is 17.9. The molecule has 18 nitrogen and oxygen atoms in total. The summed E-state index contributed by atoms with van der Waals surface area (Å²) in [5, 5.41) is 23.8. The molecule has 0 fully saturated rings. The second-order valence-corrected chi connectivity index (χ2v) is 26.7. The molecule has 0 amide bonds. The van der Waals surface area contributed by atoms with Gasteiger partial charge in [0.05, 0.1) is 32.4 Å². The highest BCUT2D eigenvalue weighted by molar-refractivity contribution is 7.94. The van der Waals surface area contributed by atoms with E-state index in [9.17, 15) is 27.4 Å². The van der Waals surface area contributed by atoms with E-state index in [1.165, 1.54) is 89.2 Å². The lowest BCUT2D eigenvalue weighted by Crippen LogP contribution is -2.39. The number of rotatable bonds is 38. The van der Waals surface area contributed by atoms with E-state index in [4.69, 9.17) is 39.9 Å². The number of amidine groups is 4. The minimum Gasteiger partial charge on any atom is -0.263 e. The topological polar surface area (TPSA) is 245 Å². The lowest BCUT2D eigenvalue weighted by atomic mass is 10.00. The molecule has 7 rings (SSSR count). The van der Waals surface area contributed by atoms with Gasteiger partial charge in [-0.05, 0) is 49.9 Å². The molecule has 0 saturated heterocycles. The summed E-state index contributed by atoms with van der Waals surface area (Å²) < 4.78 is 59.0. The van der Waals surface area contributed by atoms with Gasteiger partial charge in [0.1, 0.15) is 12.1 Å². The molecule has 444 valence electrons. The van der Waals surface area contributed by atoms with Crippen molar-refractivity contribution in [3.05, 3.63) is 57.6 Å². The number of benzene rings is 2. The second kappa shape index (κ2) is 32.7. The molecule has 0 aliphatic carbocycles. The van der Waals surface area contributed by atoms with E-state index >= 15 is 0 Å².